The Labute approximate surface area is 137 Å². The average Bonchev–Trinajstić information content (AvgIpc) is 2.94. The van der Waals surface area contributed by atoms with Gasteiger partial charge in [-0.2, -0.15) is 0 Å². The van der Waals surface area contributed by atoms with Crippen LogP contribution in [0, 0.1) is 6.92 Å². The van der Waals surface area contributed by atoms with Crippen LogP contribution in [0.5, 0.6) is 5.75 Å². The molecule has 3 aromatic rings. The maximum absolute atomic E-state index is 12.1. The van der Waals surface area contributed by atoms with E-state index in [2.05, 4.69) is 10.5 Å². The zero-order valence-corrected chi connectivity index (χ0v) is 13.2. The molecule has 0 saturated carbocycles. The molecule has 0 aliphatic rings. The molecule has 116 valence electrons. The van der Waals surface area contributed by atoms with E-state index in [-0.39, 0.29) is 11.7 Å². The number of amides is 1. The number of aromatic hydroxyl groups is 1. The first-order valence-corrected chi connectivity index (χ1v) is 7.89. The first-order chi connectivity index (χ1) is 11.1. The van der Waals surface area contributed by atoms with Gasteiger partial charge in [-0.05, 0) is 37.3 Å². The van der Waals surface area contributed by atoms with Gasteiger partial charge in [-0.3, -0.25) is 9.36 Å². The number of carbonyl (C=O) groups is 1. The fourth-order valence-electron chi connectivity index (χ4n) is 2.17. The fourth-order valence-corrected chi connectivity index (χ4v) is 3.01. The quantitative estimate of drug-likeness (QED) is 0.727. The Bertz CT molecular complexity index is 897. The number of nitrogens with one attached hydrogen (secondary N) is 1. The molecule has 0 radical (unpaired) electrons. The fraction of sp³-hybridized carbons (Fsp3) is 0.0588. The summed E-state index contributed by atoms with van der Waals surface area (Å²) in [5, 5.41) is 15.6. The summed E-state index contributed by atoms with van der Waals surface area (Å²) < 4.78 is 1.97. The van der Waals surface area contributed by atoms with Gasteiger partial charge in [0.05, 0.1) is 0 Å². The van der Waals surface area contributed by atoms with Gasteiger partial charge in [0.1, 0.15) is 5.75 Å². The molecule has 1 amide bonds. The molecule has 1 heterocycles. The summed E-state index contributed by atoms with van der Waals surface area (Å²) in [4.78, 5) is 12.8. The zero-order valence-electron chi connectivity index (χ0n) is 12.4. The van der Waals surface area contributed by atoms with Crippen molar-refractivity contribution in [3.05, 3.63) is 76.0 Å². The van der Waals surface area contributed by atoms with Gasteiger partial charge in [-0.25, -0.2) is 5.43 Å². The Balaban J connectivity index is 1.91. The number of phenolic OH excluding ortho intramolecular Hbond substituents is 1. The second-order valence-electron chi connectivity index (χ2n) is 4.93. The Hall–Kier alpha value is -2.86. The standard InChI is InChI=1S/C17H15N3O2S/c1-12-11-23-17(20(12)14-7-3-2-4-8-14)19-18-16(22)13-6-5-9-15(21)10-13/h2-11,21H,1H3,(H,18,22)/b19-17-. The van der Waals surface area contributed by atoms with Gasteiger partial charge >= 0.3 is 0 Å². The summed E-state index contributed by atoms with van der Waals surface area (Å²) in [6.45, 7) is 1.99. The lowest BCUT2D eigenvalue weighted by atomic mass is 10.2. The first-order valence-electron chi connectivity index (χ1n) is 7.01. The number of rotatable bonds is 3. The van der Waals surface area contributed by atoms with Crippen LogP contribution in [0.1, 0.15) is 16.1 Å². The Kier molecular flexibility index (Phi) is 4.25. The van der Waals surface area contributed by atoms with E-state index in [1.54, 1.807) is 12.1 Å². The van der Waals surface area contributed by atoms with Gasteiger partial charge in [-0.1, -0.05) is 24.3 Å². The highest BCUT2D eigenvalue weighted by atomic mass is 32.1. The molecule has 0 aliphatic heterocycles. The van der Waals surface area contributed by atoms with E-state index >= 15 is 0 Å². The smallest absolute Gasteiger partial charge is 0.271 e. The van der Waals surface area contributed by atoms with E-state index in [1.807, 2.05) is 47.2 Å². The summed E-state index contributed by atoms with van der Waals surface area (Å²) in [6, 6.07) is 16.0. The summed E-state index contributed by atoms with van der Waals surface area (Å²) in [6.07, 6.45) is 0. The van der Waals surface area contributed by atoms with Gasteiger partial charge in [0, 0.05) is 22.3 Å². The highest BCUT2D eigenvalue weighted by Crippen LogP contribution is 2.11. The summed E-state index contributed by atoms with van der Waals surface area (Å²) in [5.41, 5.74) is 4.90. The molecule has 0 unspecified atom stereocenters. The van der Waals surface area contributed by atoms with E-state index < -0.39 is 0 Å². The number of benzene rings is 2. The molecule has 5 nitrogen and oxygen atoms in total. The van der Waals surface area contributed by atoms with Crippen molar-refractivity contribution in [2.24, 2.45) is 5.10 Å². The minimum absolute atomic E-state index is 0.0453. The normalized spacial score (nSPS) is 11.4. The van der Waals surface area contributed by atoms with Crippen LogP contribution in [0.4, 0.5) is 0 Å². The van der Waals surface area contributed by atoms with Gasteiger partial charge < -0.3 is 5.11 Å². The molecule has 0 bridgehead atoms. The third-order valence-electron chi connectivity index (χ3n) is 3.25. The van der Waals surface area contributed by atoms with Crippen LogP contribution in [0.2, 0.25) is 0 Å². The Morgan fingerprint density at radius 3 is 2.70 bits per heavy atom. The van der Waals surface area contributed by atoms with Crippen molar-refractivity contribution in [1.29, 1.82) is 0 Å². The summed E-state index contributed by atoms with van der Waals surface area (Å²) in [5.74, 6) is -0.324. The molecule has 2 aromatic carbocycles. The zero-order chi connectivity index (χ0) is 16.2. The van der Waals surface area contributed by atoms with Crippen LogP contribution < -0.4 is 10.2 Å². The van der Waals surface area contributed by atoms with Gasteiger partial charge in [0.25, 0.3) is 5.91 Å². The second-order valence-corrected chi connectivity index (χ2v) is 5.77. The van der Waals surface area contributed by atoms with E-state index in [9.17, 15) is 9.90 Å². The SMILES string of the molecule is Cc1cs/c(=N\NC(=O)c2cccc(O)c2)n1-c1ccccc1. The molecular weight excluding hydrogens is 310 g/mol. The number of hydrogen-bond acceptors (Lipinski definition) is 4. The molecule has 23 heavy (non-hydrogen) atoms. The van der Waals surface area contributed by atoms with Gasteiger partial charge in [0.15, 0.2) is 0 Å². The van der Waals surface area contributed by atoms with Crippen LogP contribution in [-0.2, 0) is 0 Å². The lowest BCUT2D eigenvalue weighted by Crippen LogP contribution is -2.24. The van der Waals surface area contributed by atoms with Crippen molar-refractivity contribution in [3.63, 3.8) is 0 Å². The van der Waals surface area contributed by atoms with Crippen LogP contribution in [-0.4, -0.2) is 15.6 Å². The predicted octanol–water partition coefficient (Wildman–Crippen LogP) is 2.80. The third kappa shape index (κ3) is 3.32. The molecule has 1 aromatic heterocycles. The topological polar surface area (TPSA) is 66.6 Å². The molecule has 0 atom stereocenters. The number of para-hydroxylation sites is 1. The second kappa shape index (κ2) is 6.50. The van der Waals surface area contributed by atoms with Crippen molar-refractivity contribution >= 4 is 17.2 Å². The van der Waals surface area contributed by atoms with Crippen molar-refractivity contribution in [2.45, 2.75) is 6.92 Å². The predicted molar refractivity (Wildman–Crippen MR) is 89.5 cm³/mol. The number of hydrogen-bond donors (Lipinski definition) is 2. The third-order valence-corrected chi connectivity index (χ3v) is 4.20. The van der Waals surface area contributed by atoms with Crippen molar-refractivity contribution < 1.29 is 9.90 Å². The van der Waals surface area contributed by atoms with Crippen LogP contribution >= 0.6 is 11.3 Å². The Morgan fingerprint density at radius 2 is 1.96 bits per heavy atom. The number of nitrogens with zero attached hydrogens (tertiary/aromatic N) is 2. The van der Waals surface area contributed by atoms with Crippen molar-refractivity contribution in [1.82, 2.24) is 9.99 Å². The van der Waals surface area contributed by atoms with Crippen LogP contribution in [0.3, 0.4) is 0 Å². The number of thiazole rings is 1. The minimum Gasteiger partial charge on any atom is -0.508 e. The lowest BCUT2D eigenvalue weighted by Gasteiger charge is -2.05. The maximum Gasteiger partial charge on any atom is 0.271 e. The Morgan fingerprint density at radius 1 is 1.17 bits per heavy atom. The number of aromatic nitrogens is 1. The van der Waals surface area contributed by atoms with Crippen LogP contribution in [0.25, 0.3) is 5.69 Å². The lowest BCUT2D eigenvalue weighted by molar-refractivity contribution is 0.0952. The van der Waals surface area contributed by atoms with E-state index in [1.165, 1.54) is 23.5 Å². The summed E-state index contributed by atoms with van der Waals surface area (Å²) in [7, 11) is 0. The highest BCUT2D eigenvalue weighted by Gasteiger charge is 2.07. The van der Waals surface area contributed by atoms with E-state index in [0.29, 0.717) is 10.4 Å². The molecule has 3 rings (SSSR count). The first kappa shape index (κ1) is 15.1. The van der Waals surface area contributed by atoms with Crippen LogP contribution in [0.15, 0.2) is 65.1 Å². The highest BCUT2D eigenvalue weighted by molar-refractivity contribution is 7.07. The van der Waals surface area contributed by atoms with Gasteiger partial charge in [0.2, 0.25) is 4.80 Å². The molecule has 0 saturated heterocycles. The minimum atomic E-state index is -0.369. The van der Waals surface area contributed by atoms with Crippen molar-refractivity contribution in [3.8, 4) is 11.4 Å². The maximum atomic E-state index is 12.1. The molecule has 0 aliphatic carbocycles. The molecule has 0 spiro atoms. The number of carbonyl (C=O) groups excluding carboxylic acids is 1. The number of phenols is 1. The molecular formula is C17H15N3O2S. The molecule has 2 N–H and O–H groups in total. The summed E-state index contributed by atoms with van der Waals surface area (Å²) >= 11 is 1.44. The monoisotopic (exact) mass is 325 g/mol. The van der Waals surface area contributed by atoms with Gasteiger partial charge in [-0.15, -0.1) is 16.4 Å². The van der Waals surface area contributed by atoms with Crippen molar-refractivity contribution in [2.75, 3.05) is 0 Å². The molecule has 0 fully saturated rings. The number of aryl methyl sites for hydroxylation is 1. The van der Waals surface area contributed by atoms with E-state index in [4.69, 9.17) is 0 Å². The molecule has 6 heteroatoms. The van der Waals surface area contributed by atoms with E-state index in [0.717, 1.165) is 11.4 Å². The largest absolute Gasteiger partial charge is 0.508 e. The average molecular weight is 325 g/mol.